The minimum absolute atomic E-state index is 0.156. The van der Waals surface area contributed by atoms with Crippen LogP contribution in [0.4, 0.5) is 0 Å². The minimum atomic E-state index is -0.504. The maximum Gasteiger partial charge on any atom is 0.328 e. The zero-order chi connectivity index (χ0) is 15.8. The van der Waals surface area contributed by atoms with Gasteiger partial charge in [0.15, 0.2) is 5.66 Å². The van der Waals surface area contributed by atoms with E-state index < -0.39 is 11.7 Å². The SMILES string of the molecule is CCCCCCCCCC1(CC(=O)NC2CCOC2=O)N=N1. The Labute approximate surface area is 132 Å². The Morgan fingerprint density at radius 2 is 1.91 bits per heavy atom. The van der Waals surface area contributed by atoms with Gasteiger partial charge in [0, 0.05) is 6.42 Å². The van der Waals surface area contributed by atoms with Crippen molar-refractivity contribution in [3.63, 3.8) is 0 Å². The Morgan fingerprint density at radius 1 is 1.23 bits per heavy atom. The largest absolute Gasteiger partial charge is 0.464 e. The van der Waals surface area contributed by atoms with Gasteiger partial charge >= 0.3 is 5.97 Å². The number of carbonyl (C=O) groups excluding carboxylic acids is 2. The Kier molecular flexibility index (Phi) is 6.34. The normalized spacial score (nSPS) is 21.7. The van der Waals surface area contributed by atoms with Gasteiger partial charge in [0.2, 0.25) is 5.91 Å². The van der Waals surface area contributed by atoms with Crippen LogP contribution in [0.1, 0.15) is 71.1 Å². The monoisotopic (exact) mass is 309 g/mol. The van der Waals surface area contributed by atoms with E-state index in [9.17, 15) is 9.59 Å². The second-order valence-electron chi connectivity index (χ2n) is 6.31. The first-order valence-corrected chi connectivity index (χ1v) is 8.55. The molecular formula is C16H27N3O3. The summed E-state index contributed by atoms with van der Waals surface area (Å²) in [6, 6.07) is -0.484. The van der Waals surface area contributed by atoms with Crippen molar-refractivity contribution in [3.8, 4) is 0 Å². The standard InChI is InChI=1S/C16H27N3O3/c1-2-3-4-5-6-7-8-10-16(18-19-16)12-14(20)17-13-9-11-22-15(13)21/h13H,2-12H2,1H3,(H,17,20). The third-order valence-electron chi connectivity index (χ3n) is 4.28. The first-order chi connectivity index (χ1) is 10.7. The Bertz CT molecular complexity index is 417. The summed E-state index contributed by atoms with van der Waals surface area (Å²) in [4.78, 5) is 23.3. The van der Waals surface area contributed by atoms with Gasteiger partial charge in [-0.25, -0.2) is 4.79 Å². The van der Waals surface area contributed by atoms with E-state index in [2.05, 4.69) is 22.5 Å². The van der Waals surface area contributed by atoms with Crippen LogP contribution in [-0.2, 0) is 14.3 Å². The number of nitrogens with one attached hydrogen (secondary N) is 1. The van der Waals surface area contributed by atoms with Gasteiger partial charge in [-0.15, -0.1) is 0 Å². The molecule has 0 aromatic rings. The molecule has 1 unspecified atom stereocenters. The quantitative estimate of drug-likeness (QED) is 0.470. The third-order valence-corrected chi connectivity index (χ3v) is 4.28. The lowest BCUT2D eigenvalue weighted by molar-refractivity contribution is -0.141. The molecule has 2 aliphatic heterocycles. The molecule has 2 aliphatic rings. The van der Waals surface area contributed by atoms with Crippen molar-refractivity contribution < 1.29 is 14.3 Å². The zero-order valence-electron chi connectivity index (χ0n) is 13.5. The van der Waals surface area contributed by atoms with Crippen LogP contribution in [0.5, 0.6) is 0 Å². The number of carbonyl (C=O) groups is 2. The van der Waals surface area contributed by atoms with Crippen LogP contribution in [-0.4, -0.2) is 30.2 Å². The summed E-state index contributed by atoms with van der Waals surface area (Å²) in [6.45, 7) is 2.61. The van der Waals surface area contributed by atoms with Crippen LogP contribution in [0.15, 0.2) is 10.2 Å². The molecule has 0 spiro atoms. The number of ether oxygens (including phenoxy) is 1. The molecule has 2 heterocycles. The molecule has 1 N–H and O–H groups in total. The second-order valence-corrected chi connectivity index (χ2v) is 6.31. The number of hydrogen-bond acceptors (Lipinski definition) is 5. The maximum atomic E-state index is 12.0. The second kappa shape index (κ2) is 8.25. The van der Waals surface area contributed by atoms with Crippen molar-refractivity contribution in [2.45, 2.75) is 82.8 Å². The fourth-order valence-corrected chi connectivity index (χ4v) is 2.82. The lowest BCUT2D eigenvalue weighted by Crippen LogP contribution is -2.39. The van der Waals surface area contributed by atoms with Crippen LogP contribution in [0.25, 0.3) is 0 Å². The summed E-state index contributed by atoms with van der Waals surface area (Å²) >= 11 is 0. The number of hydrogen-bond donors (Lipinski definition) is 1. The van der Waals surface area contributed by atoms with Crippen molar-refractivity contribution in [1.29, 1.82) is 0 Å². The van der Waals surface area contributed by atoms with Crippen molar-refractivity contribution in [2.24, 2.45) is 10.2 Å². The fourth-order valence-electron chi connectivity index (χ4n) is 2.82. The van der Waals surface area contributed by atoms with Gasteiger partial charge < -0.3 is 10.1 Å². The minimum Gasteiger partial charge on any atom is -0.464 e. The van der Waals surface area contributed by atoms with E-state index in [-0.39, 0.29) is 18.3 Å². The average molecular weight is 309 g/mol. The fraction of sp³-hybridized carbons (Fsp3) is 0.875. The first-order valence-electron chi connectivity index (χ1n) is 8.55. The highest BCUT2D eigenvalue weighted by molar-refractivity contribution is 5.86. The summed E-state index contributed by atoms with van der Waals surface area (Å²) in [5.74, 6) is -0.490. The molecule has 22 heavy (non-hydrogen) atoms. The first kappa shape index (κ1) is 16.9. The summed E-state index contributed by atoms with van der Waals surface area (Å²) < 4.78 is 4.83. The van der Waals surface area contributed by atoms with E-state index in [4.69, 9.17) is 4.74 Å². The van der Waals surface area contributed by atoms with E-state index in [1.807, 2.05) is 0 Å². The van der Waals surface area contributed by atoms with Gasteiger partial charge in [-0.2, -0.15) is 10.2 Å². The summed E-state index contributed by atoms with van der Waals surface area (Å²) in [7, 11) is 0. The molecule has 6 nitrogen and oxygen atoms in total. The Balaban J connectivity index is 1.56. The van der Waals surface area contributed by atoms with Gasteiger partial charge in [-0.05, 0) is 12.8 Å². The summed E-state index contributed by atoms with van der Waals surface area (Å²) in [6.07, 6.45) is 10.3. The average Bonchev–Trinajstić information content (AvgIpc) is 3.13. The molecule has 1 amide bonds. The molecule has 6 heteroatoms. The Morgan fingerprint density at radius 3 is 2.50 bits per heavy atom. The smallest absolute Gasteiger partial charge is 0.328 e. The number of rotatable bonds is 11. The highest BCUT2D eigenvalue weighted by Gasteiger charge is 2.42. The van der Waals surface area contributed by atoms with E-state index >= 15 is 0 Å². The lowest BCUT2D eigenvalue weighted by Gasteiger charge is -2.12. The van der Waals surface area contributed by atoms with Crippen molar-refractivity contribution in [2.75, 3.05) is 6.61 Å². The van der Waals surface area contributed by atoms with E-state index in [0.29, 0.717) is 13.0 Å². The molecule has 0 aliphatic carbocycles. The maximum absolute atomic E-state index is 12.0. The van der Waals surface area contributed by atoms with Crippen LogP contribution < -0.4 is 5.32 Å². The van der Waals surface area contributed by atoms with Gasteiger partial charge in [0.1, 0.15) is 6.04 Å². The van der Waals surface area contributed by atoms with E-state index in [1.54, 1.807) is 0 Å². The molecule has 0 saturated carbocycles. The van der Waals surface area contributed by atoms with Gasteiger partial charge in [-0.3, -0.25) is 4.79 Å². The van der Waals surface area contributed by atoms with Gasteiger partial charge in [0.05, 0.1) is 13.0 Å². The van der Waals surface area contributed by atoms with E-state index in [0.717, 1.165) is 12.8 Å². The molecule has 1 saturated heterocycles. The number of nitrogens with zero attached hydrogens (tertiary/aromatic N) is 2. The zero-order valence-corrected chi connectivity index (χ0v) is 13.5. The number of esters is 1. The van der Waals surface area contributed by atoms with E-state index in [1.165, 1.54) is 38.5 Å². The summed E-state index contributed by atoms with van der Waals surface area (Å²) in [5, 5.41) is 10.8. The predicted octanol–water partition coefficient (Wildman–Crippen LogP) is 3.11. The van der Waals surface area contributed by atoms with Crippen LogP contribution in [0, 0.1) is 0 Å². The summed E-state index contributed by atoms with van der Waals surface area (Å²) in [5.41, 5.74) is -0.504. The molecular weight excluding hydrogens is 282 g/mol. The molecule has 1 atom stereocenters. The highest BCUT2D eigenvalue weighted by Crippen LogP contribution is 2.37. The van der Waals surface area contributed by atoms with Crippen LogP contribution >= 0.6 is 0 Å². The van der Waals surface area contributed by atoms with Crippen molar-refractivity contribution >= 4 is 11.9 Å². The number of unbranched alkanes of at least 4 members (excludes halogenated alkanes) is 6. The molecule has 0 aromatic carbocycles. The molecule has 1 fully saturated rings. The molecule has 0 bridgehead atoms. The predicted molar refractivity (Wildman–Crippen MR) is 82.3 cm³/mol. The Hall–Kier alpha value is -1.46. The number of cyclic esters (lactones) is 1. The molecule has 0 aromatic heterocycles. The third kappa shape index (κ3) is 5.39. The molecule has 2 rings (SSSR count). The topological polar surface area (TPSA) is 80.1 Å². The molecule has 0 radical (unpaired) electrons. The van der Waals surface area contributed by atoms with Gasteiger partial charge in [-0.1, -0.05) is 45.4 Å². The highest BCUT2D eigenvalue weighted by atomic mass is 16.5. The van der Waals surface area contributed by atoms with Crippen LogP contribution in [0.2, 0.25) is 0 Å². The lowest BCUT2D eigenvalue weighted by atomic mass is 10.00. The van der Waals surface area contributed by atoms with Gasteiger partial charge in [0.25, 0.3) is 0 Å². The van der Waals surface area contributed by atoms with Crippen LogP contribution in [0.3, 0.4) is 0 Å². The molecule has 124 valence electrons. The number of amides is 1. The van der Waals surface area contributed by atoms with Crippen molar-refractivity contribution in [3.05, 3.63) is 0 Å². The van der Waals surface area contributed by atoms with Crippen molar-refractivity contribution in [1.82, 2.24) is 5.32 Å².